The van der Waals surface area contributed by atoms with Gasteiger partial charge in [0.2, 0.25) is 0 Å². The third-order valence-electron chi connectivity index (χ3n) is 6.72. The summed E-state index contributed by atoms with van der Waals surface area (Å²) in [5.74, 6) is 0.119. The molecule has 1 aromatic carbocycles. The van der Waals surface area contributed by atoms with Gasteiger partial charge in [-0.25, -0.2) is 4.98 Å². The number of amides is 1. The highest BCUT2D eigenvalue weighted by Gasteiger charge is 2.32. The zero-order chi connectivity index (χ0) is 23.2. The predicted molar refractivity (Wildman–Crippen MR) is 130 cm³/mol. The van der Waals surface area contributed by atoms with Gasteiger partial charge in [0.15, 0.2) is 0 Å². The molecule has 3 N–H and O–H groups in total. The molecule has 3 aromatic rings. The lowest BCUT2D eigenvalue weighted by Crippen LogP contribution is -2.29. The Balaban J connectivity index is 1.66. The monoisotopic (exact) mass is 472 g/mol. The van der Waals surface area contributed by atoms with Crippen LogP contribution < -0.4 is 11.1 Å². The Labute approximate surface area is 195 Å². The van der Waals surface area contributed by atoms with Gasteiger partial charge in [-0.1, -0.05) is 38.8 Å². The van der Waals surface area contributed by atoms with Crippen LogP contribution in [0.1, 0.15) is 54.5 Å². The zero-order valence-corrected chi connectivity index (χ0v) is 19.8. The molecule has 2 heterocycles. The van der Waals surface area contributed by atoms with Crippen LogP contribution in [0.2, 0.25) is 5.02 Å². The Morgan fingerprint density at radius 3 is 2.84 bits per heavy atom. The summed E-state index contributed by atoms with van der Waals surface area (Å²) in [5.41, 5.74) is 9.28. The number of hydrogen-bond acceptors (Lipinski definition) is 6. The van der Waals surface area contributed by atoms with E-state index in [-0.39, 0.29) is 21.8 Å². The van der Waals surface area contributed by atoms with E-state index < -0.39 is 10.8 Å². The first-order chi connectivity index (χ1) is 15.1. The Hall–Kier alpha value is -2.71. The number of nitrogens with two attached hydrogens (primary N) is 1. The van der Waals surface area contributed by atoms with Crippen LogP contribution in [0.5, 0.6) is 0 Å². The molecule has 0 aliphatic heterocycles. The number of pyridine rings is 1. The largest absolute Gasteiger partial charge is 0.397 e. The highest BCUT2D eigenvalue weighted by molar-refractivity contribution is 7.21. The van der Waals surface area contributed by atoms with Gasteiger partial charge in [-0.15, -0.1) is 11.3 Å². The molecule has 32 heavy (non-hydrogen) atoms. The second kappa shape index (κ2) is 8.33. The van der Waals surface area contributed by atoms with Crippen LogP contribution in [-0.4, -0.2) is 15.8 Å². The summed E-state index contributed by atoms with van der Waals surface area (Å²) in [6.07, 6.45) is 4.10. The maximum absolute atomic E-state index is 12.9. The van der Waals surface area contributed by atoms with Crippen LogP contribution >= 0.6 is 22.9 Å². The molecular formula is C23H25ClN4O3S. The van der Waals surface area contributed by atoms with E-state index in [0.717, 1.165) is 41.6 Å². The lowest BCUT2D eigenvalue weighted by atomic mass is 9.69. The number of nitro benzene ring substituents is 1. The summed E-state index contributed by atoms with van der Waals surface area (Å²) >= 11 is 7.35. The molecule has 4 rings (SSSR count). The maximum atomic E-state index is 12.9. The topological polar surface area (TPSA) is 111 Å². The van der Waals surface area contributed by atoms with E-state index in [1.807, 2.05) is 0 Å². The lowest BCUT2D eigenvalue weighted by molar-refractivity contribution is -0.384. The van der Waals surface area contributed by atoms with Gasteiger partial charge >= 0.3 is 0 Å². The van der Waals surface area contributed by atoms with Crippen LogP contribution in [0.4, 0.5) is 17.1 Å². The van der Waals surface area contributed by atoms with Crippen molar-refractivity contribution in [3.8, 4) is 0 Å². The van der Waals surface area contributed by atoms with Crippen molar-refractivity contribution >= 4 is 56.1 Å². The normalized spacial score (nSPS) is 16.1. The van der Waals surface area contributed by atoms with Crippen molar-refractivity contribution in [2.75, 3.05) is 11.1 Å². The Morgan fingerprint density at radius 1 is 1.41 bits per heavy atom. The van der Waals surface area contributed by atoms with E-state index in [2.05, 4.69) is 32.2 Å². The molecule has 168 valence electrons. The summed E-state index contributed by atoms with van der Waals surface area (Å²) in [6, 6.07) is 5.98. The van der Waals surface area contributed by atoms with E-state index in [4.69, 9.17) is 22.3 Å². The molecule has 7 nitrogen and oxygen atoms in total. The van der Waals surface area contributed by atoms with Crippen molar-refractivity contribution in [2.24, 2.45) is 11.3 Å². The number of anilines is 2. The first-order valence-electron chi connectivity index (χ1n) is 10.6. The Morgan fingerprint density at radius 2 is 2.16 bits per heavy atom. The number of carbonyl (C=O) groups is 1. The summed E-state index contributed by atoms with van der Waals surface area (Å²) in [4.78, 5) is 29.3. The Kier molecular flexibility index (Phi) is 5.85. The van der Waals surface area contributed by atoms with E-state index in [1.165, 1.54) is 35.1 Å². The molecule has 1 unspecified atom stereocenters. The highest BCUT2D eigenvalue weighted by Crippen LogP contribution is 2.42. The first-order valence-corrected chi connectivity index (χ1v) is 11.8. The molecule has 9 heteroatoms. The van der Waals surface area contributed by atoms with E-state index in [9.17, 15) is 14.9 Å². The minimum Gasteiger partial charge on any atom is -0.397 e. The number of hydrogen-bond donors (Lipinski definition) is 2. The minimum absolute atomic E-state index is 0.159. The Bertz CT molecular complexity index is 1240. The number of nitrogen functional groups attached to an aromatic ring is 1. The fourth-order valence-corrected chi connectivity index (χ4v) is 5.37. The van der Waals surface area contributed by atoms with Gasteiger partial charge in [0, 0.05) is 23.2 Å². The molecule has 2 aromatic heterocycles. The number of nitrogens with one attached hydrogen (secondary N) is 1. The molecule has 0 saturated carbocycles. The average Bonchev–Trinajstić information content (AvgIpc) is 3.08. The van der Waals surface area contributed by atoms with Crippen molar-refractivity contribution in [3.05, 3.63) is 55.5 Å². The van der Waals surface area contributed by atoms with Gasteiger partial charge in [0.1, 0.15) is 9.71 Å². The highest BCUT2D eigenvalue weighted by atomic mass is 35.5. The van der Waals surface area contributed by atoms with Gasteiger partial charge in [-0.05, 0) is 48.3 Å². The van der Waals surface area contributed by atoms with Crippen LogP contribution in [0.3, 0.4) is 0 Å². The van der Waals surface area contributed by atoms with Crippen molar-refractivity contribution in [1.29, 1.82) is 0 Å². The number of benzene rings is 1. The smallest absolute Gasteiger partial charge is 0.271 e. The number of aryl methyl sites for hydroxylation is 1. The second-order valence-corrected chi connectivity index (χ2v) is 10.4. The molecule has 0 bridgehead atoms. The molecule has 0 fully saturated rings. The number of halogens is 1. The van der Waals surface area contributed by atoms with E-state index >= 15 is 0 Å². The number of rotatable bonds is 5. The van der Waals surface area contributed by atoms with Gasteiger partial charge in [-0.3, -0.25) is 14.9 Å². The fourth-order valence-electron chi connectivity index (χ4n) is 4.22. The van der Waals surface area contributed by atoms with Crippen molar-refractivity contribution in [3.63, 3.8) is 0 Å². The lowest BCUT2D eigenvalue weighted by Gasteiger charge is -2.36. The number of non-ortho nitro benzene ring substituents is 1. The molecule has 0 saturated heterocycles. The van der Waals surface area contributed by atoms with Gasteiger partial charge < -0.3 is 11.1 Å². The average molecular weight is 473 g/mol. The van der Waals surface area contributed by atoms with Gasteiger partial charge in [0.05, 0.1) is 21.3 Å². The number of aromatic nitrogens is 1. The van der Waals surface area contributed by atoms with Crippen LogP contribution in [0.25, 0.3) is 10.2 Å². The standard InChI is InChI=1S/C23H25ClN4O3S/c1-4-23(2,3)13-5-8-17-12(9-13)10-15-19(25)20(32-22(15)27-17)21(29)26-18-11-14(28(30)31)6-7-16(18)24/h6-7,10-11,13H,4-5,8-9,25H2,1-3H3,(H,26,29). The first kappa shape index (κ1) is 22.5. The third-order valence-corrected chi connectivity index (χ3v) is 8.16. The molecule has 1 atom stereocenters. The summed E-state index contributed by atoms with van der Waals surface area (Å²) in [6.45, 7) is 6.86. The summed E-state index contributed by atoms with van der Waals surface area (Å²) in [7, 11) is 0. The molecule has 1 aliphatic carbocycles. The van der Waals surface area contributed by atoms with Gasteiger partial charge in [0.25, 0.3) is 11.6 Å². The molecule has 0 spiro atoms. The van der Waals surface area contributed by atoms with Crippen molar-refractivity contribution < 1.29 is 9.72 Å². The fraction of sp³-hybridized carbons (Fsp3) is 0.391. The molecule has 0 radical (unpaired) electrons. The molecule has 1 aliphatic rings. The summed E-state index contributed by atoms with van der Waals surface area (Å²) in [5, 5.41) is 14.7. The third kappa shape index (κ3) is 4.04. The number of fused-ring (bicyclic) bond motifs is 2. The predicted octanol–water partition coefficient (Wildman–Crippen LogP) is 6.23. The zero-order valence-electron chi connectivity index (χ0n) is 18.2. The van der Waals surface area contributed by atoms with Crippen LogP contribution in [0, 0.1) is 21.4 Å². The van der Waals surface area contributed by atoms with E-state index in [0.29, 0.717) is 16.5 Å². The maximum Gasteiger partial charge on any atom is 0.271 e. The number of nitrogens with zero attached hydrogens (tertiary/aromatic N) is 2. The van der Waals surface area contributed by atoms with Crippen molar-refractivity contribution in [2.45, 2.75) is 46.5 Å². The van der Waals surface area contributed by atoms with Gasteiger partial charge in [-0.2, -0.15) is 0 Å². The van der Waals surface area contributed by atoms with Crippen molar-refractivity contribution in [1.82, 2.24) is 4.98 Å². The number of thiophene rings is 1. The quantitative estimate of drug-likeness (QED) is 0.337. The summed E-state index contributed by atoms with van der Waals surface area (Å²) < 4.78 is 0. The van der Waals surface area contributed by atoms with Crippen LogP contribution in [0.15, 0.2) is 24.3 Å². The van der Waals surface area contributed by atoms with Crippen LogP contribution in [-0.2, 0) is 12.8 Å². The van der Waals surface area contributed by atoms with E-state index in [1.54, 1.807) is 0 Å². The number of nitro groups is 1. The second-order valence-electron chi connectivity index (χ2n) is 8.95. The molecule has 1 amide bonds. The minimum atomic E-state index is -0.540. The SMILES string of the molecule is CCC(C)(C)C1CCc2nc3sc(C(=O)Nc4cc([N+](=O)[O-])ccc4Cl)c(N)c3cc2C1. The number of carbonyl (C=O) groups excluding carboxylic acids is 1. The molecular weight excluding hydrogens is 448 g/mol.